The van der Waals surface area contributed by atoms with Gasteiger partial charge in [0.2, 0.25) is 0 Å². The van der Waals surface area contributed by atoms with Crippen LogP contribution in [-0.2, 0) is 9.63 Å². The van der Waals surface area contributed by atoms with Crippen LogP contribution in [0.3, 0.4) is 0 Å². The third kappa shape index (κ3) is 1.91. The lowest BCUT2D eigenvalue weighted by Gasteiger charge is -2.17. The Morgan fingerprint density at radius 1 is 1.82 bits per heavy atom. The highest BCUT2D eigenvalue weighted by molar-refractivity contribution is 5.80. The summed E-state index contributed by atoms with van der Waals surface area (Å²) in [5.74, 6) is -0.0926. The number of amides is 1. The summed E-state index contributed by atoms with van der Waals surface area (Å²) in [6, 6.07) is -0.395. The Labute approximate surface area is 66.3 Å². The first kappa shape index (κ1) is 8.49. The van der Waals surface area contributed by atoms with Gasteiger partial charge in [-0.1, -0.05) is 6.92 Å². The Hall–Kier alpha value is -0.610. The number of nitrogens with zero attached hydrogens (tertiary/aromatic N) is 1. The van der Waals surface area contributed by atoms with Crippen LogP contribution in [0.2, 0.25) is 0 Å². The fraction of sp³-hybridized carbons (Fsp3) is 0.857. The number of carbonyl (C=O) groups is 1. The van der Waals surface area contributed by atoms with E-state index in [0.29, 0.717) is 19.6 Å². The van der Waals surface area contributed by atoms with Crippen LogP contribution in [0.4, 0.5) is 0 Å². The minimum absolute atomic E-state index is 0.0926. The molecular weight excluding hydrogens is 144 g/mol. The van der Waals surface area contributed by atoms with E-state index >= 15 is 0 Å². The van der Waals surface area contributed by atoms with Crippen LogP contribution < -0.4 is 5.73 Å². The monoisotopic (exact) mass is 158 g/mol. The molecule has 11 heavy (non-hydrogen) atoms. The molecule has 1 fully saturated rings. The van der Waals surface area contributed by atoms with Gasteiger partial charge >= 0.3 is 0 Å². The predicted molar refractivity (Wildman–Crippen MR) is 40.5 cm³/mol. The van der Waals surface area contributed by atoms with E-state index in [1.165, 1.54) is 5.06 Å². The standard InChI is InChI=1S/C7H14N2O2/c1-2-6(8)7(10)9-4-3-5-11-9/h6H,2-5,8H2,1H3/t6-/m1/s1. The Bertz CT molecular complexity index is 143. The number of carbonyl (C=O) groups excluding carboxylic acids is 1. The van der Waals surface area contributed by atoms with E-state index in [1.54, 1.807) is 0 Å². The highest BCUT2D eigenvalue weighted by Crippen LogP contribution is 2.06. The minimum Gasteiger partial charge on any atom is -0.320 e. The van der Waals surface area contributed by atoms with Crippen molar-refractivity contribution in [1.82, 2.24) is 5.06 Å². The first-order valence-electron chi connectivity index (χ1n) is 3.95. The molecule has 4 nitrogen and oxygen atoms in total. The van der Waals surface area contributed by atoms with E-state index < -0.39 is 6.04 Å². The van der Waals surface area contributed by atoms with Crippen LogP contribution in [0.15, 0.2) is 0 Å². The zero-order valence-corrected chi connectivity index (χ0v) is 6.75. The highest BCUT2D eigenvalue weighted by Gasteiger charge is 2.23. The summed E-state index contributed by atoms with van der Waals surface area (Å²) >= 11 is 0. The van der Waals surface area contributed by atoms with E-state index in [9.17, 15) is 4.79 Å². The summed E-state index contributed by atoms with van der Waals surface area (Å²) in [6.45, 7) is 3.22. The van der Waals surface area contributed by atoms with E-state index in [-0.39, 0.29) is 5.91 Å². The van der Waals surface area contributed by atoms with Crippen molar-refractivity contribution in [2.75, 3.05) is 13.2 Å². The van der Waals surface area contributed by atoms with Crippen molar-refractivity contribution in [1.29, 1.82) is 0 Å². The molecule has 1 aliphatic rings. The van der Waals surface area contributed by atoms with Crippen LogP contribution in [0.5, 0.6) is 0 Å². The quantitative estimate of drug-likeness (QED) is 0.610. The molecule has 1 amide bonds. The van der Waals surface area contributed by atoms with Gasteiger partial charge in [0.05, 0.1) is 19.2 Å². The topological polar surface area (TPSA) is 55.6 Å². The lowest BCUT2D eigenvalue weighted by molar-refractivity contribution is -0.170. The second kappa shape index (κ2) is 3.69. The van der Waals surface area contributed by atoms with Gasteiger partial charge in [-0.15, -0.1) is 0 Å². The molecule has 64 valence electrons. The van der Waals surface area contributed by atoms with Crippen LogP contribution in [0.25, 0.3) is 0 Å². The molecule has 0 radical (unpaired) electrons. The first-order valence-corrected chi connectivity index (χ1v) is 3.95. The summed E-state index contributed by atoms with van der Waals surface area (Å²) in [7, 11) is 0. The maximum atomic E-state index is 11.3. The second-order valence-electron chi connectivity index (χ2n) is 2.64. The van der Waals surface area contributed by atoms with Crippen LogP contribution in [-0.4, -0.2) is 30.2 Å². The number of rotatable bonds is 2. The van der Waals surface area contributed by atoms with Gasteiger partial charge in [-0.05, 0) is 12.8 Å². The van der Waals surface area contributed by atoms with Crippen LogP contribution >= 0.6 is 0 Å². The fourth-order valence-corrected chi connectivity index (χ4v) is 0.981. The third-order valence-electron chi connectivity index (χ3n) is 1.76. The lowest BCUT2D eigenvalue weighted by Crippen LogP contribution is -2.41. The van der Waals surface area contributed by atoms with Crippen molar-refractivity contribution in [3.63, 3.8) is 0 Å². The molecule has 0 aromatic rings. The first-order chi connectivity index (χ1) is 5.25. The Morgan fingerprint density at radius 3 is 3.00 bits per heavy atom. The molecule has 1 atom stereocenters. The third-order valence-corrected chi connectivity index (χ3v) is 1.76. The minimum atomic E-state index is -0.395. The number of hydroxylamine groups is 2. The molecule has 0 aromatic heterocycles. The molecular formula is C7H14N2O2. The normalized spacial score (nSPS) is 20.4. The second-order valence-corrected chi connectivity index (χ2v) is 2.64. The Kier molecular flexibility index (Phi) is 2.84. The van der Waals surface area contributed by atoms with Gasteiger partial charge in [-0.25, -0.2) is 5.06 Å². The maximum Gasteiger partial charge on any atom is 0.262 e. The van der Waals surface area contributed by atoms with E-state index in [1.807, 2.05) is 6.92 Å². The zero-order chi connectivity index (χ0) is 8.27. The summed E-state index contributed by atoms with van der Waals surface area (Å²) < 4.78 is 0. The average molecular weight is 158 g/mol. The van der Waals surface area contributed by atoms with Crippen LogP contribution in [0.1, 0.15) is 19.8 Å². The van der Waals surface area contributed by atoms with Crippen molar-refractivity contribution < 1.29 is 9.63 Å². The molecule has 1 heterocycles. The van der Waals surface area contributed by atoms with Gasteiger partial charge in [0, 0.05) is 0 Å². The number of hydrogen-bond acceptors (Lipinski definition) is 3. The smallest absolute Gasteiger partial charge is 0.262 e. The molecule has 1 rings (SSSR count). The molecule has 1 saturated heterocycles. The molecule has 0 saturated carbocycles. The Morgan fingerprint density at radius 2 is 2.55 bits per heavy atom. The van der Waals surface area contributed by atoms with Gasteiger partial charge in [0.15, 0.2) is 0 Å². The van der Waals surface area contributed by atoms with Crippen molar-refractivity contribution >= 4 is 5.91 Å². The molecule has 0 aromatic carbocycles. The van der Waals surface area contributed by atoms with Gasteiger partial charge in [0.25, 0.3) is 5.91 Å². The van der Waals surface area contributed by atoms with E-state index in [0.717, 1.165) is 6.42 Å². The molecule has 0 spiro atoms. The summed E-state index contributed by atoms with van der Waals surface area (Å²) in [5.41, 5.74) is 5.53. The molecule has 4 heteroatoms. The average Bonchev–Trinajstić information content (AvgIpc) is 2.53. The number of nitrogens with two attached hydrogens (primary N) is 1. The van der Waals surface area contributed by atoms with Crippen molar-refractivity contribution in [3.05, 3.63) is 0 Å². The molecule has 0 aliphatic carbocycles. The van der Waals surface area contributed by atoms with Crippen molar-refractivity contribution in [2.45, 2.75) is 25.8 Å². The summed E-state index contributed by atoms with van der Waals surface area (Å²) in [4.78, 5) is 16.3. The molecule has 2 N–H and O–H groups in total. The van der Waals surface area contributed by atoms with Gasteiger partial charge in [-0.3, -0.25) is 9.63 Å². The zero-order valence-electron chi connectivity index (χ0n) is 6.75. The highest BCUT2D eigenvalue weighted by atomic mass is 16.7. The molecule has 0 unspecified atom stereocenters. The van der Waals surface area contributed by atoms with Crippen molar-refractivity contribution in [3.8, 4) is 0 Å². The summed E-state index contributed by atoms with van der Waals surface area (Å²) in [5, 5.41) is 1.37. The summed E-state index contributed by atoms with van der Waals surface area (Å²) in [6.07, 6.45) is 1.58. The largest absolute Gasteiger partial charge is 0.320 e. The van der Waals surface area contributed by atoms with E-state index in [4.69, 9.17) is 10.6 Å². The Balaban J connectivity index is 2.39. The number of hydrogen-bond donors (Lipinski definition) is 1. The lowest BCUT2D eigenvalue weighted by atomic mass is 10.2. The van der Waals surface area contributed by atoms with Gasteiger partial charge < -0.3 is 5.73 Å². The SMILES string of the molecule is CC[C@@H](N)C(=O)N1CCCO1. The van der Waals surface area contributed by atoms with Crippen molar-refractivity contribution in [2.24, 2.45) is 5.73 Å². The van der Waals surface area contributed by atoms with Crippen LogP contribution in [0, 0.1) is 0 Å². The van der Waals surface area contributed by atoms with Gasteiger partial charge in [0.1, 0.15) is 0 Å². The van der Waals surface area contributed by atoms with Gasteiger partial charge in [-0.2, -0.15) is 0 Å². The predicted octanol–water partition coefficient (Wildman–Crippen LogP) is -0.112. The fourth-order valence-electron chi connectivity index (χ4n) is 0.981. The van der Waals surface area contributed by atoms with E-state index in [2.05, 4.69) is 0 Å². The maximum absolute atomic E-state index is 11.3. The molecule has 0 bridgehead atoms. The molecule has 1 aliphatic heterocycles.